The molecule has 7 nitrogen and oxygen atoms in total. The van der Waals surface area contributed by atoms with E-state index in [1.165, 1.54) is 4.68 Å². The number of aromatic nitrogens is 4. The van der Waals surface area contributed by atoms with Crippen LogP contribution in [0.2, 0.25) is 0 Å². The third kappa shape index (κ3) is 4.73. The van der Waals surface area contributed by atoms with Gasteiger partial charge < -0.3 is 4.74 Å². The maximum absolute atomic E-state index is 12.6. The molecule has 0 saturated carbocycles. The highest BCUT2D eigenvalue weighted by atomic mass is 79.9. The maximum atomic E-state index is 12.6. The normalized spacial score (nSPS) is 11.3. The molecule has 27 heavy (non-hydrogen) atoms. The van der Waals surface area contributed by atoms with Crippen LogP contribution in [0.25, 0.3) is 11.8 Å². The van der Waals surface area contributed by atoms with Crippen molar-refractivity contribution in [3.8, 4) is 0 Å². The third-order valence-electron chi connectivity index (χ3n) is 3.67. The number of esters is 1. The number of Topliss-reactive ketones (excluding diaryl/α,β-unsaturated/α-hetero) is 1. The molecule has 1 aromatic heterocycles. The lowest BCUT2D eigenvalue weighted by Gasteiger charge is -2.09. The van der Waals surface area contributed by atoms with Crippen molar-refractivity contribution < 1.29 is 14.3 Å². The van der Waals surface area contributed by atoms with E-state index in [4.69, 9.17) is 4.74 Å². The Morgan fingerprint density at radius 1 is 1.11 bits per heavy atom. The van der Waals surface area contributed by atoms with Crippen LogP contribution in [0.5, 0.6) is 0 Å². The van der Waals surface area contributed by atoms with Crippen LogP contribution in [-0.4, -0.2) is 38.6 Å². The lowest BCUT2D eigenvalue weighted by molar-refractivity contribution is -0.136. The number of ether oxygens (including phenoxy) is 1. The molecule has 1 heterocycles. The molecule has 0 atom stereocenters. The van der Waals surface area contributed by atoms with Gasteiger partial charge in [0.1, 0.15) is 0 Å². The predicted octanol–water partition coefficient (Wildman–Crippen LogP) is 3.17. The summed E-state index contributed by atoms with van der Waals surface area (Å²) in [5.74, 6) is -0.573. The van der Waals surface area contributed by atoms with Gasteiger partial charge in [0, 0.05) is 10.0 Å². The summed E-state index contributed by atoms with van der Waals surface area (Å²) < 4.78 is 7.35. The average Bonchev–Trinajstić information content (AvgIpc) is 3.11. The summed E-state index contributed by atoms with van der Waals surface area (Å²) in [4.78, 5) is 24.9. The van der Waals surface area contributed by atoms with Crippen LogP contribution < -0.4 is 0 Å². The summed E-state index contributed by atoms with van der Waals surface area (Å²) in [6.07, 6.45) is 1.61. The van der Waals surface area contributed by atoms with Crippen molar-refractivity contribution >= 4 is 39.5 Å². The maximum Gasteiger partial charge on any atom is 0.357 e. The van der Waals surface area contributed by atoms with Crippen LogP contribution in [0.1, 0.15) is 21.7 Å². The molecule has 8 heteroatoms. The Morgan fingerprint density at radius 3 is 2.44 bits per heavy atom. The van der Waals surface area contributed by atoms with Crippen LogP contribution in [0.15, 0.2) is 59.1 Å². The Labute approximate surface area is 163 Å². The Balaban J connectivity index is 1.79. The molecule has 0 saturated heterocycles. The first-order valence-corrected chi connectivity index (χ1v) is 8.82. The fourth-order valence-electron chi connectivity index (χ4n) is 2.29. The molecule has 0 amide bonds. The van der Waals surface area contributed by atoms with Gasteiger partial charge >= 0.3 is 5.97 Å². The van der Waals surface area contributed by atoms with Gasteiger partial charge in [0.2, 0.25) is 0 Å². The molecule has 0 fully saturated rings. The highest BCUT2D eigenvalue weighted by Crippen LogP contribution is 2.15. The number of carbonyl (C=O) groups excluding carboxylic acids is 2. The van der Waals surface area contributed by atoms with Crippen molar-refractivity contribution in [3.63, 3.8) is 0 Å². The Morgan fingerprint density at radius 2 is 1.81 bits per heavy atom. The lowest BCUT2D eigenvalue weighted by Crippen LogP contribution is -2.19. The zero-order valence-corrected chi connectivity index (χ0v) is 16.0. The number of ketones is 1. The summed E-state index contributed by atoms with van der Waals surface area (Å²) in [5, 5.41) is 11.2. The third-order valence-corrected chi connectivity index (χ3v) is 4.19. The van der Waals surface area contributed by atoms with Gasteiger partial charge in [0.25, 0.3) is 0 Å². The molecule has 0 N–H and O–H groups in total. The SMILES string of the molecule is Cc1nnnn1/C(=C\c1ccccc1)C(=O)OCC(=O)c1ccc(Br)cc1. The van der Waals surface area contributed by atoms with E-state index in [1.54, 1.807) is 37.3 Å². The van der Waals surface area contributed by atoms with Gasteiger partial charge in [-0.1, -0.05) is 58.4 Å². The summed E-state index contributed by atoms with van der Waals surface area (Å²) in [6, 6.07) is 16.0. The molecular formula is C19H15BrN4O3. The number of hydrogen-bond acceptors (Lipinski definition) is 6. The topological polar surface area (TPSA) is 87.0 Å². The van der Waals surface area contributed by atoms with Gasteiger partial charge in [0.05, 0.1) is 0 Å². The van der Waals surface area contributed by atoms with E-state index in [9.17, 15) is 9.59 Å². The smallest absolute Gasteiger partial charge is 0.357 e. The van der Waals surface area contributed by atoms with Crippen molar-refractivity contribution in [1.29, 1.82) is 0 Å². The van der Waals surface area contributed by atoms with Crippen LogP contribution in [-0.2, 0) is 9.53 Å². The molecule has 0 aliphatic heterocycles. The number of benzene rings is 2. The molecule has 3 aromatic rings. The highest BCUT2D eigenvalue weighted by Gasteiger charge is 2.19. The quantitative estimate of drug-likeness (QED) is 0.341. The highest BCUT2D eigenvalue weighted by molar-refractivity contribution is 9.10. The number of tetrazole rings is 1. The van der Waals surface area contributed by atoms with Crippen LogP contribution in [0.3, 0.4) is 0 Å². The Hall–Kier alpha value is -3.13. The standard InChI is InChI=1S/C19H15BrN4O3/c1-13-21-22-23-24(13)17(11-14-5-3-2-4-6-14)19(26)27-12-18(25)15-7-9-16(20)10-8-15/h2-11H,12H2,1H3/b17-11-. The Kier molecular flexibility index (Phi) is 5.87. The minimum atomic E-state index is -0.695. The van der Waals surface area contributed by atoms with E-state index >= 15 is 0 Å². The van der Waals surface area contributed by atoms with Crippen LogP contribution in [0, 0.1) is 6.92 Å². The zero-order valence-electron chi connectivity index (χ0n) is 14.4. The molecule has 3 rings (SSSR count). The fourth-order valence-corrected chi connectivity index (χ4v) is 2.56. The summed E-state index contributed by atoms with van der Waals surface area (Å²) in [5.41, 5.74) is 1.35. The van der Waals surface area contributed by atoms with E-state index < -0.39 is 5.97 Å². The molecule has 0 unspecified atom stereocenters. The number of halogens is 1. The molecule has 0 spiro atoms. The second-order valence-electron chi connectivity index (χ2n) is 5.58. The number of rotatable bonds is 6. The second kappa shape index (κ2) is 8.50. The molecule has 2 aromatic carbocycles. The summed E-state index contributed by atoms with van der Waals surface area (Å²) >= 11 is 3.31. The van der Waals surface area contributed by atoms with Gasteiger partial charge in [-0.25, -0.2) is 4.79 Å². The second-order valence-corrected chi connectivity index (χ2v) is 6.50. The number of nitrogens with zero attached hydrogens (tertiary/aromatic N) is 4. The minimum absolute atomic E-state index is 0.118. The molecule has 136 valence electrons. The monoisotopic (exact) mass is 426 g/mol. The average molecular weight is 427 g/mol. The zero-order chi connectivity index (χ0) is 19.2. The fraction of sp³-hybridized carbons (Fsp3) is 0.105. The van der Waals surface area contributed by atoms with Crippen molar-refractivity contribution in [3.05, 3.63) is 76.0 Å². The van der Waals surface area contributed by atoms with E-state index in [1.807, 2.05) is 30.3 Å². The van der Waals surface area contributed by atoms with E-state index in [2.05, 4.69) is 31.5 Å². The van der Waals surface area contributed by atoms with Crippen molar-refractivity contribution in [2.45, 2.75) is 6.92 Å². The van der Waals surface area contributed by atoms with E-state index in [0.717, 1.165) is 10.0 Å². The van der Waals surface area contributed by atoms with Crippen molar-refractivity contribution in [2.75, 3.05) is 6.61 Å². The van der Waals surface area contributed by atoms with Crippen molar-refractivity contribution in [1.82, 2.24) is 20.2 Å². The lowest BCUT2D eigenvalue weighted by atomic mass is 10.1. The minimum Gasteiger partial charge on any atom is -0.453 e. The van der Waals surface area contributed by atoms with E-state index in [0.29, 0.717) is 11.4 Å². The first-order valence-electron chi connectivity index (χ1n) is 8.02. The molecule has 0 radical (unpaired) electrons. The number of hydrogen-bond donors (Lipinski definition) is 0. The summed E-state index contributed by atoms with van der Waals surface area (Å²) in [7, 11) is 0. The molecule has 0 bridgehead atoms. The number of carbonyl (C=O) groups is 2. The van der Waals surface area contributed by atoms with Gasteiger partial charge in [0.15, 0.2) is 23.9 Å². The van der Waals surface area contributed by atoms with Crippen LogP contribution in [0.4, 0.5) is 0 Å². The molecule has 0 aliphatic carbocycles. The number of aryl methyl sites for hydroxylation is 1. The van der Waals surface area contributed by atoms with Gasteiger partial charge in [-0.3, -0.25) is 4.79 Å². The largest absolute Gasteiger partial charge is 0.453 e. The molecular weight excluding hydrogens is 412 g/mol. The van der Waals surface area contributed by atoms with E-state index in [-0.39, 0.29) is 18.1 Å². The van der Waals surface area contributed by atoms with Gasteiger partial charge in [-0.15, -0.1) is 5.10 Å². The van der Waals surface area contributed by atoms with Gasteiger partial charge in [-0.2, -0.15) is 4.68 Å². The van der Waals surface area contributed by atoms with Gasteiger partial charge in [-0.05, 0) is 41.1 Å². The van der Waals surface area contributed by atoms with Crippen LogP contribution >= 0.6 is 15.9 Å². The summed E-state index contributed by atoms with van der Waals surface area (Å²) in [6.45, 7) is 1.28. The predicted molar refractivity (Wildman–Crippen MR) is 103 cm³/mol. The Bertz CT molecular complexity index is 982. The first-order chi connectivity index (χ1) is 13.0. The van der Waals surface area contributed by atoms with Crippen molar-refractivity contribution in [2.24, 2.45) is 0 Å². The molecule has 0 aliphatic rings. The first kappa shape index (κ1) is 18.7.